The lowest BCUT2D eigenvalue weighted by atomic mass is 10.3. The van der Waals surface area contributed by atoms with E-state index in [-0.39, 0.29) is 23.7 Å². The zero-order valence-corrected chi connectivity index (χ0v) is 13.4. The molecule has 0 fully saturated rings. The Morgan fingerprint density at radius 2 is 1.88 bits per heavy atom. The van der Waals surface area contributed by atoms with Gasteiger partial charge in [0.15, 0.2) is 6.61 Å². The fourth-order valence-corrected chi connectivity index (χ4v) is 1.94. The van der Waals surface area contributed by atoms with E-state index < -0.39 is 24.3 Å². The highest BCUT2D eigenvalue weighted by Gasteiger charge is 2.11. The number of carbonyl (C=O) groups excluding carboxylic acids is 2. The minimum atomic E-state index is -0.659. The number of benzene rings is 2. The molecule has 2 aromatic rings. The number of carbonyl (C=O) groups is 2. The van der Waals surface area contributed by atoms with Gasteiger partial charge in [0.05, 0.1) is 18.7 Å². The number of hydrogen-bond acceptors (Lipinski definition) is 4. The van der Waals surface area contributed by atoms with E-state index in [0.717, 1.165) is 6.07 Å². The van der Waals surface area contributed by atoms with Gasteiger partial charge < -0.3 is 14.8 Å². The number of para-hydroxylation sites is 1. The van der Waals surface area contributed by atoms with Crippen molar-refractivity contribution in [3.8, 4) is 5.75 Å². The highest BCUT2D eigenvalue weighted by atomic mass is 35.5. The average molecular weight is 352 g/mol. The summed E-state index contributed by atoms with van der Waals surface area (Å²) in [5.74, 6) is -1.24. The maximum Gasteiger partial charge on any atom is 0.309 e. The summed E-state index contributed by atoms with van der Waals surface area (Å²) in [6.45, 7) is -0.385. The molecule has 0 aliphatic heterocycles. The minimum Gasteiger partial charge on any atom is -0.493 e. The third-order valence-electron chi connectivity index (χ3n) is 2.88. The molecule has 0 heterocycles. The second-order valence-electron chi connectivity index (χ2n) is 4.74. The average Bonchev–Trinajstić information content (AvgIpc) is 2.57. The predicted octanol–water partition coefficient (Wildman–Crippen LogP) is 3.43. The number of ether oxygens (including phenoxy) is 2. The molecule has 0 aromatic heterocycles. The summed E-state index contributed by atoms with van der Waals surface area (Å²) in [5.41, 5.74) is -0.0732. The first-order valence-electron chi connectivity index (χ1n) is 7.13. The molecule has 24 heavy (non-hydrogen) atoms. The summed E-state index contributed by atoms with van der Waals surface area (Å²) in [5, 5.41) is 2.56. The summed E-state index contributed by atoms with van der Waals surface area (Å²) < 4.78 is 23.6. The van der Waals surface area contributed by atoms with Crippen molar-refractivity contribution in [2.24, 2.45) is 0 Å². The Kier molecular flexibility index (Phi) is 6.57. The third-order valence-corrected chi connectivity index (χ3v) is 3.12. The SMILES string of the molecule is O=C(COC(=O)CCOc1ccccc1)Nc1cc(Cl)ccc1F. The van der Waals surface area contributed by atoms with E-state index in [4.69, 9.17) is 21.1 Å². The molecule has 0 spiro atoms. The Bertz CT molecular complexity index is 709. The van der Waals surface area contributed by atoms with Crippen LogP contribution in [0.25, 0.3) is 0 Å². The molecule has 0 unspecified atom stereocenters. The smallest absolute Gasteiger partial charge is 0.309 e. The summed E-state index contributed by atoms with van der Waals surface area (Å²) >= 11 is 5.72. The number of anilines is 1. The van der Waals surface area contributed by atoms with E-state index in [2.05, 4.69) is 5.32 Å². The Hall–Kier alpha value is -2.60. The molecule has 1 amide bonds. The number of amides is 1. The van der Waals surface area contributed by atoms with Crippen LogP contribution in [0.5, 0.6) is 5.75 Å². The highest BCUT2D eigenvalue weighted by molar-refractivity contribution is 6.30. The first-order valence-corrected chi connectivity index (χ1v) is 7.51. The van der Waals surface area contributed by atoms with Crippen molar-refractivity contribution in [1.29, 1.82) is 0 Å². The van der Waals surface area contributed by atoms with Gasteiger partial charge >= 0.3 is 5.97 Å². The second-order valence-corrected chi connectivity index (χ2v) is 5.18. The molecule has 126 valence electrons. The van der Waals surface area contributed by atoms with Crippen molar-refractivity contribution in [3.63, 3.8) is 0 Å². The lowest BCUT2D eigenvalue weighted by Crippen LogP contribution is -2.22. The van der Waals surface area contributed by atoms with Crippen molar-refractivity contribution >= 4 is 29.2 Å². The number of nitrogens with one attached hydrogen (secondary N) is 1. The van der Waals surface area contributed by atoms with E-state index in [1.54, 1.807) is 12.1 Å². The fourth-order valence-electron chi connectivity index (χ4n) is 1.77. The quantitative estimate of drug-likeness (QED) is 0.776. The van der Waals surface area contributed by atoms with Gasteiger partial charge in [0.25, 0.3) is 5.91 Å². The van der Waals surface area contributed by atoms with Gasteiger partial charge in [0, 0.05) is 5.02 Å². The maximum atomic E-state index is 13.5. The molecular formula is C17H15ClFNO4. The van der Waals surface area contributed by atoms with Crippen LogP contribution in [0.2, 0.25) is 5.02 Å². The number of hydrogen-bond donors (Lipinski definition) is 1. The summed E-state index contributed by atoms with van der Waals surface area (Å²) in [6.07, 6.45) is -0.00625. The van der Waals surface area contributed by atoms with E-state index in [1.807, 2.05) is 18.2 Å². The molecule has 7 heteroatoms. The minimum absolute atomic E-state index is 0.00625. The summed E-state index contributed by atoms with van der Waals surface area (Å²) in [4.78, 5) is 23.2. The Morgan fingerprint density at radius 3 is 2.62 bits per heavy atom. The van der Waals surface area contributed by atoms with Crippen molar-refractivity contribution in [2.75, 3.05) is 18.5 Å². The lowest BCUT2D eigenvalue weighted by molar-refractivity contribution is -0.147. The monoisotopic (exact) mass is 351 g/mol. The first-order chi connectivity index (χ1) is 11.5. The normalized spacial score (nSPS) is 10.1. The molecule has 5 nitrogen and oxygen atoms in total. The van der Waals surface area contributed by atoms with Crippen LogP contribution in [0.15, 0.2) is 48.5 Å². The highest BCUT2D eigenvalue weighted by Crippen LogP contribution is 2.19. The van der Waals surface area contributed by atoms with Crippen LogP contribution in [-0.2, 0) is 14.3 Å². The van der Waals surface area contributed by atoms with Crippen molar-refractivity contribution in [1.82, 2.24) is 0 Å². The van der Waals surface area contributed by atoms with Crippen LogP contribution in [0.4, 0.5) is 10.1 Å². The third kappa shape index (κ3) is 5.89. The van der Waals surface area contributed by atoms with E-state index in [9.17, 15) is 14.0 Å². The summed E-state index contributed by atoms with van der Waals surface area (Å²) in [6, 6.07) is 12.8. The maximum absolute atomic E-state index is 13.5. The first kappa shape index (κ1) is 17.7. The van der Waals surface area contributed by atoms with Crippen molar-refractivity contribution in [2.45, 2.75) is 6.42 Å². The molecule has 0 atom stereocenters. The molecular weight excluding hydrogens is 337 g/mol. The van der Waals surface area contributed by atoms with Crippen LogP contribution in [0.1, 0.15) is 6.42 Å². The molecule has 0 saturated carbocycles. The number of halogens is 2. The number of esters is 1. The zero-order chi connectivity index (χ0) is 17.4. The zero-order valence-electron chi connectivity index (χ0n) is 12.6. The Balaban J connectivity index is 1.69. The second kappa shape index (κ2) is 8.88. The standard InChI is InChI=1S/C17H15ClFNO4/c18-12-6-7-14(19)15(10-12)20-16(21)11-24-17(22)8-9-23-13-4-2-1-3-5-13/h1-7,10H,8-9,11H2,(H,20,21). The van der Waals surface area contributed by atoms with Gasteiger partial charge in [0.1, 0.15) is 11.6 Å². The van der Waals surface area contributed by atoms with Crippen molar-refractivity contribution in [3.05, 3.63) is 59.4 Å². The topological polar surface area (TPSA) is 64.6 Å². The molecule has 1 N–H and O–H groups in total. The molecule has 2 aromatic carbocycles. The van der Waals surface area contributed by atoms with E-state index in [1.165, 1.54) is 12.1 Å². The van der Waals surface area contributed by atoms with Gasteiger partial charge in [-0.1, -0.05) is 29.8 Å². The molecule has 0 bridgehead atoms. The van der Waals surface area contributed by atoms with Gasteiger partial charge in [-0.15, -0.1) is 0 Å². The van der Waals surface area contributed by atoms with Crippen LogP contribution < -0.4 is 10.1 Å². The molecule has 2 rings (SSSR count). The molecule has 0 aliphatic carbocycles. The Morgan fingerprint density at radius 1 is 1.12 bits per heavy atom. The largest absolute Gasteiger partial charge is 0.493 e. The summed E-state index contributed by atoms with van der Waals surface area (Å²) in [7, 11) is 0. The lowest BCUT2D eigenvalue weighted by Gasteiger charge is -2.08. The van der Waals surface area contributed by atoms with E-state index >= 15 is 0 Å². The van der Waals surface area contributed by atoms with Gasteiger partial charge in [-0.2, -0.15) is 0 Å². The predicted molar refractivity (Wildman–Crippen MR) is 87.6 cm³/mol. The van der Waals surface area contributed by atoms with Crippen LogP contribution in [0, 0.1) is 5.82 Å². The van der Waals surface area contributed by atoms with Gasteiger partial charge in [-0.05, 0) is 30.3 Å². The molecule has 0 radical (unpaired) electrons. The Labute approximate surface area is 143 Å². The molecule has 0 saturated heterocycles. The van der Waals surface area contributed by atoms with Gasteiger partial charge in [-0.25, -0.2) is 4.39 Å². The van der Waals surface area contributed by atoms with Gasteiger partial charge in [-0.3, -0.25) is 9.59 Å². The molecule has 0 aliphatic rings. The van der Waals surface area contributed by atoms with Gasteiger partial charge in [0.2, 0.25) is 0 Å². The fraction of sp³-hybridized carbons (Fsp3) is 0.176. The number of rotatable bonds is 7. The van der Waals surface area contributed by atoms with Crippen LogP contribution >= 0.6 is 11.6 Å². The van der Waals surface area contributed by atoms with Crippen LogP contribution in [-0.4, -0.2) is 25.1 Å². The van der Waals surface area contributed by atoms with Crippen LogP contribution in [0.3, 0.4) is 0 Å². The van der Waals surface area contributed by atoms with E-state index in [0.29, 0.717) is 5.75 Å². The van der Waals surface area contributed by atoms with Crippen molar-refractivity contribution < 1.29 is 23.5 Å².